The monoisotopic (exact) mass is 451 g/mol. The van der Waals surface area contributed by atoms with Gasteiger partial charge in [0.15, 0.2) is 0 Å². The van der Waals surface area contributed by atoms with Gasteiger partial charge in [0, 0.05) is 49.2 Å². The van der Waals surface area contributed by atoms with E-state index in [2.05, 4.69) is 9.89 Å². The molecule has 174 valence electrons. The van der Waals surface area contributed by atoms with Gasteiger partial charge in [-0.05, 0) is 24.6 Å². The molecule has 33 heavy (non-hydrogen) atoms. The summed E-state index contributed by atoms with van der Waals surface area (Å²) < 4.78 is 17.4. The van der Waals surface area contributed by atoms with Crippen LogP contribution in [0, 0.1) is 0 Å². The largest absolute Gasteiger partial charge is 0.497 e. The van der Waals surface area contributed by atoms with Gasteiger partial charge in [-0.15, -0.1) is 0 Å². The number of aromatic hydroxyl groups is 1. The predicted molar refractivity (Wildman–Crippen MR) is 129 cm³/mol. The molecule has 3 aromatic rings. The minimum absolute atomic E-state index is 0.181. The van der Waals surface area contributed by atoms with Crippen LogP contribution in [0.5, 0.6) is 17.4 Å². The van der Waals surface area contributed by atoms with Crippen molar-refractivity contribution in [3.63, 3.8) is 0 Å². The number of pyridine rings is 1. The minimum atomic E-state index is -0.337. The maximum absolute atomic E-state index is 13.3. The molecule has 0 saturated carbocycles. The van der Waals surface area contributed by atoms with Crippen LogP contribution < -0.4 is 15.0 Å². The van der Waals surface area contributed by atoms with Gasteiger partial charge in [-0.2, -0.15) is 0 Å². The number of nitrogens with zero attached hydrogens (tertiary/aromatic N) is 3. The lowest BCUT2D eigenvalue weighted by Crippen LogP contribution is -2.37. The second kappa shape index (κ2) is 10.5. The Morgan fingerprint density at radius 1 is 1.09 bits per heavy atom. The van der Waals surface area contributed by atoms with Crippen molar-refractivity contribution in [1.29, 1.82) is 0 Å². The zero-order valence-corrected chi connectivity index (χ0v) is 19.0. The van der Waals surface area contributed by atoms with Crippen molar-refractivity contribution in [2.45, 2.75) is 6.42 Å². The lowest BCUT2D eigenvalue weighted by atomic mass is 10.1. The highest BCUT2D eigenvalue weighted by Gasteiger charge is 2.19. The van der Waals surface area contributed by atoms with Crippen LogP contribution in [-0.2, 0) is 4.74 Å². The highest BCUT2D eigenvalue weighted by Crippen LogP contribution is 2.32. The summed E-state index contributed by atoms with van der Waals surface area (Å²) in [6.07, 6.45) is 2.56. The molecule has 8 heteroatoms. The molecule has 0 amide bonds. The summed E-state index contributed by atoms with van der Waals surface area (Å²) in [5.74, 6) is 0.820. The van der Waals surface area contributed by atoms with Gasteiger partial charge in [-0.25, -0.2) is 4.57 Å². The van der Waals surface area contributed by atoms with Crippen LogP contribution in [0.2, 0.25) is 0 Å². The van der Waals surface area contributed by atoms with E-state index in [4.69, 9.17) is 14.2 Å². The number of ether oxygens (including phenoxy) is 3. The average Bonchev–Trinajstić information content (AvgIpc) is 2.86. The first-order chi connectivity index (χ1) is 16.1. The molecule has 8 nitrogen and oxygen atoms in total. The van der Waals surface area contributed by atoms with E-state index >= 15 is 0 Å². The number of fused-ring (bicyclic) bond motifs is 1. The second-order valence-electron chi connectivity index (χ2n) is 7.80. The fourth-order valence-corrected chi connectivity index (χ4v) is 4.05. The minimum Gasteiger partial charge on any atom is -0.497 e. The SMILES string of the molecule is COc1ccc(-n2c(O)c(C=NCCCN3CCOCC3)c3ccccc3c2=O)c(OC)c1. The number of hydrogen-bond acceptors (Lipinski definition) is 7. The first-order valence-corrected chi connectivity index (χ1v) is 11.0. The number of aromatic nitrogens is 1. The molecule has 0 unspecified atom stereocenters. The molecule has 4 rings (SSSR count). The van der Waals surface area contributed by atoms with Crippen LogP contribution in [-0.4, -0.2) is 74.4 Å². The van der Waals surface area contributed by atoms with E-state index in [1.807, 2.05) is 12.1 Å². The topological polar surface area (TPSA) is 85.5 Å². The van der Waals surface area contributed by atoms with E-state index in [9.17, 15) is 9.90 Å². The summed E-state index contributed by atoms with van der Waals surface area (Å²) in [5.41, 5.74) is 0.582. The zero-order chi connectivity index (χ0) is 23.2. The van der Waals surface area contributed by atoms with Crippen molar-refractivity contribution in [3.05, 3.63) is 58.4 Å². The lowest BCUT2D eigenvalue weighted by Gasteiger charge is -2.26. The van der Waals surface area contributed by atoms with Gasteiger partial charge in [-0.1, -0.05) is 18.2 Å². The smallest absolute Gasteiger partial charge is 0.265 e. The Morgan fingerprint density at radius 2 is 1.85 bits per heavy atom. The summed E-state index contributed by atoms with van der Waals surface area (Å²) in [4.78, 5) is 20.3. The Kier molecular flexibility index (Phi) is 7.26. The summed E-state index contributed by atoms with van der Waals surface area (Å²) in [6.45, 7) is 5.03. The Balaban J connectivity index is 1.69. The number of hydrogen-bond donors (Lipinski definition) is 1. The van der Waals surface area contributed by atoms with Crippen molar-refractivity contribution < 1.29 is 19.3 Å². The highest BCUT2D eigenvalue weighted by atomic mass is 16.5. The Bertz CT molecular complexity index is 1200. The Morgan fingerprint density at radius 3 is 2.58 bits per heavy atom. The summed E-state index contributed by atoms with van der Waals surface area (Å²) in [6, 6.07) is 12.3. The third-order valence-corrected chi connectivity index (χ3v) is 5.82. The Labute approximate surface area is 192 Å². The Hall–Kier alpha value is -3.36. The molecule has 1 aromatic heterocycles. The standard InChI is InChI=1S/C25H29N3O5/c1-31-18-8-9-22(23(16-18)32-2)28-24(29)20-7-4-3-6-19(20)21(25(28)30)17-26-10-5-11-27-12-14-33-15-13-27/h3-4,6-9,16-17,30H,5,10-15H2,1-2H3. The molecule has 1 N–H and O–H groups in total. The lowest BCUT2D eigenvalue weighted by molar-refractivity contribution is 0.0377. The van der Waals surface area contributed by atoms with E-state index in [0.29, 0.717) is 40.1 Å². The van der Waals surface area contributed by atoms with Gasteiger partial charge in [0.1, 0.15) is 11.5 Å². The number of morpholine rings is 1. The van der Waals surface area contributed by atoms with Crippen LogP contribution >= 0.6 is 0 Å². The van der Waals surface area contributed by atoms with E-state index < -0.39 is 0 Å². The van der Waals surface area contributed by atoms with Crippen molar-refractivity contribution in [2.24, 2.45) is 4.99 Å². The third-order valence-electron chi connectivity index (χ3n) is 5.82. The maximum Gasteiger partial charge on any atom is 0.265 e. The molecule has 2 heterocycles. The number of methoxy groups -OCH3 is 2. The van der Waals surface area contributed by atoms with E-state index in [1.54, 1.807) is 43.7 Å². The normalized spacial score (nSPS) is 14.7. The van der Waals surface area contributed by atoms with Crippen molar-refractivity contribution in [2.75, 3.05) is 53.6 Å². The maximum atomic E-state index is 13.3. The molecule has 0 spiro atoms. The van der Waals surface area contributed by atoms with Crippen LogP contribution in [0.4, 0.5) is 0 Å². The van der Waals surface area contributed by atoms with Gasteiger partial charge < -0.3 is 19.3 Å². The van der Waals surface area contributed by atoms with Gasteiger partial charge in [0.2, 0.25) is 5.88 Å². The molecule has 2 aromatic carbocycles. The molecule has 1 aliphatic rings. The molecule has 1 fully saturated rings. The molecular formula is C25H29N3O5. The van der Waals surface area contributed by atoms with E-state index in [-0.39, 0.29) is 11.4 Å². The van der Waals surface area contributed by atoms with Crippen molar-refractivity contribution in [1.82, 2.24) is 9.47 Å². The second-order valence-corrected chi connectivity index (χ2v) is 7.80. The van der Waals surface area contributed by atoms with Crippen LogP contribution in [0.25, 0.3) is 16.5 Å². The quantitative estimate of drug-likeness (QED) is 0.419. The summed E-state index contributed by atoms with van der Waals surface area (Å²) in [7, 11) is 3.07. The van der Waals surface area contributed by atoms with Gasteiger partial charge >= 0.3 is 0 Å². The molecule has 0 atom stereocenters. The zero-order valence-electron chi connectivity index (χ0n) is 19.0. The molecule has 1 saturated heterocycles. The van der Waals surface area contributed by atoms with Gasteiger partial charge in [0.05, 0.1) is 38.7 Å². The molecule has 0 aliphatic carbocycles. The van der Waals surface area contributed by atoms with Crippen LogP contribution in [0.3, 0.4) is 0 Å². The van der Waals surface area contributed by atoms with Crippen LogP contribution in [0.15, 0.2) is 52.3 Å². The van der Waals surface area contributed by atoms with Crippen LogP contribution in [0.1, 0.15) is 12.0 Å². The fraction of sp³-hybridized carbons (Fsp3) is 0.360. The van der Waals surface area contributed by atoms with Gasteiger partial charge in [0.25, 0.3) is 5.56 Å². The number of rotatable bonds is 8. The number of benzene rings is 2. The van der Waals surface area contributed by atoms with Gasteiger partial charge in [-0.3, -0.25) is 14.7 Å². The van der Waals surface area contributed by atoms with Crippen molar-refractivity contribution in [3.8, 4) is 23.1 Å². The molecule has 0 radical (unpaired) electrons. The first kappa shape index (κ1) is 22.8. The number of aliphatic imine (C=N–C) groups is 1. The fourth-order valence-electron chi connectivity index (χ4n) is 4.05. The molecule has 1 aliphatic heterocycles. The van der Waals surface area contributed by atoms with Crippen molar-refractivity contribution >= 4 is 17.0 Å². The van der Waals surface area contributed by atoms with E-state index in [1.165, 1.54) is 11.7 Å². The van der Waals surface area contributed by atoms with E-state index in [0.717, 1.165) is 39.3 Å². The molecule has 0 bridgehead atoms. The molecular weight excluding hydrogens is 422 g/mol. The average molecular weight is 452 g/mol. The summed E-state index contributed by atoms with van der Waals surface area (Å²) >= 11 is 0. The predicted octanol–water partition coefficient (Wildman–Crippen LogP) is 2.85. The highest BCUT2D eigenvalue weighted by molar-refractivity contribution is 6.01. The third kappa shape index (κ3) is 4.86. The first-order valence-electron chi connectivity index (χ1n) is 11.0. The summed E-state index contributed by atoms with van der Waals surface area (Å²) in [5, 5.41) is 12.3.